The number of fused-ring (bicyclic) bond motifs is 1. The van der Waals surface area contributed by atoms with Gasteiger partial charge in [0.05, 0.1) is 5.69 Å². The Morgan fingerprint density at radius 2 is 1.68 bits per heavy atom. The Labute approximate surface area is 200 Å². The van der Waals surface area contributed by atoms with Crippen molar-refractivity contribution in [2.45, 2.75) is 58.2 Å². The number of hydrogen-bond donors (Lipinski definition) is 1. The highest BCUT2D eigenvalue weighted by atomic mass is 16.2. The summed E-state index contributed by atoms with van der Waals surface area (Å²) >= 11 is 0. The molecule has 1 N–H and O–H groups in total. The zero-order valence-electron chi connectivity index (χ0n) is 19.7. The maximum atomic E-state index is 13.9. The molecule has 1 saturated heterocycles. The van der Waals surface area contributed by atoms with Gasteiger partial charge in [-0.05, 0) is 53.5 Å². The summed E-state index contributed by atoms with van der Waals surface area (Å²) in [4.78, 5) is 33.2. The van der Waals surface area contributed by atoms with E-state index in [-0.39, 0.29) is 23.7 Å². The third kappa shape index (κ3) is 4.11. The summed E-state index contributed by atoms with van der Waals surface area (Å²) in [5, 5.41) is 7.31. The minimum atomic E-state index is -0.486. The Hall–Kier alpha value is -3.48. The van der Waals surface area contributed by atoms with Crippen LogP contribution in [0.5, 0.6) is 0 Å². The molecule has 0 radical (unpaired) electrons. The second kappa shape index (κ2) is 9.41. The third-order valence-corrected chi connectivity index (χ3v) is 7.47. The van der Waals surface area contributed by atoms with Crippen LogP contribution in [0.4, 0.5) is 0 Å². The van der Waals surface area contributed by atoms with E-state index in [9.17, 15) is 9.59 Å². The molecule has 1 aromatic heterocycles. The molecule has 0 spiro atoms. The number of carbonyl (C=O) groups excluding carboxylic acids is 2. The summed E-state index contributed by atoms with van der Waals surface area (Å²) in [6.07, 6.45) is 6.50. The Bertz CT molecular complexity index is 1130. The van der Waals surface area contributed by atoms with Crippen molar-refractivity contribution in [3.8, 4) is 5.69 Å². The summed E-state index contributed by atoms with van der Waals surface area (Å²) in [6.45, 7) is 4.61. The highest BCUT2D eigenvalue weighted by molar-refractivity contribution is 5.97. The number of rotatable bonds is 7. The molecule has 2 aromatic carbocycles. The van der Waals surface area contributed by atoms with Gasteiger partial charge in [-0.25, -0.2) is 9.67 Å². The Balaban J connectivity index is 1.41. The molecular formula is C27H31N5O2. The van der Waals surface area contributed by atoms with Crippen LogP contribution in [0.15, 0.2) is 61.2 Å². The topological polar surface area (TPSA) is 80.1 Å². The molecule has 176 valence electrons. The molecule has 5 rings (SSSR count). The lowest BCUT2D eigenvalue weighted by Crippen LogP contribution is -2.66. The summed E-state index contributed by atoms with van der Waals surface area (Å²) in [6, 6.07) is 15.4. The van der Waals surface area contributed by atoms with Crippen molar-refractivity contribution in [3.63, 3.8) is 0 Å². The standard InChI is InChI=1S/C27H31N5O2/c1-3-19(4-2)25-26(33)30-24(22-13-20-7-5-6-8-21(20)14-22)27(34)31(25)15-18-9-11-23(12-10-18)32-17-28-16-29-32/h5-12,16-17,19,22,24-25H,3-4,13-15H2,1-2H3,(H,30,33)/t24-,25-/m1/s1. The highest BCUT2D eigenvalue weighted by Crippen LogP contribution is 2.33. The minimum absolute atomic E-state index is 0.0199. The molecule has 1 fully saturated rings. The van der Waals surface area contributed by atoms with Crippen LogP contribution in [0.3, 0.4) is 0 Å². The third-order valence-electron chi connectivity index (χ3n) is 7.47. The molecule has 7 nitrogen and oxygen atoms in total. The second-order valence-corrected chi connectivity index (χ2v) is 9.42. The quantitative estimate of drug-likeness (QED) is 0.590. The van der Waals surface area contributed by atoms with Gasteiger partial charge >= 0.3 is 0 Å². The fraction of sp³-hybridized carbons (Fsp3) is 0.407. The van der Waals surface area contributed by atoms with E-state index in [2.05, 4.69) is 41.4 Å². The van der Waals surface area contributed by atoms with E-state index in [0.29, 0.717) is 6.54 Å². The van der Waals surface area contributed by atoms with E-state index in [1.807, 2.05) is 41.3 Å². The van der Waals surface area contributed by atoms with Crippen LogP contribution < -0.4 is 5.32 Å². The first-order chi connectivity index (χ1) is 16.6. The van der Waals surface area contributed by atoms with E-state index >= 15 is 0 Å². The van der Waals surface area contributed by atoms with Gasteiger partial charge in [0.2, 0.25) is 11.8 Å². The number of benzene rings is 2. The van der Waals surface area contributed by atoms with Gasteiger partial charge in [-0.15, -0.1) is 0 Å². The SMILES string of the molecule is CCC(CC)[C@@H]1C(=O)N[C@H](C2Cc3ccccc3C2)C(=O)N1Cc1ccc(-n2cncn2)cc1. The van der Waals surface area contributed by atoms with Crippen molar-refractivity contribution < 1.29 is 9.59 Å². The van der Waals surface area contributed by atoms with E-state index in [1.54, 1.807) is 11.0 Å². The smallest absolute Gasteiger partial charge is 0.246 e. The maximum absolute atomic E-state index is 13.9. The lowest BCUT2D eigenvalue weighted by atomic mass is 9.86. The zero-order valence-corrected chi connectivity index (χ0v) is 19.7. The molecule has 0 saturated carbocycles. The number of aromatic nitrogens is 3. The molecule has 3 aromatic rings. The lowest BCUT2D eigenvalue weighted by Gasteiger charge is -2.43. The first-order valence-corrected chi connectivity index (χ1v) is 12.2. The Morgan fingerprint density at radius 1 is 1.00 bits per heavy atom. The van der Waals surface area contributed by atoms with E-state index in [4.69, 9.17) is 0 Å². The number of nitrogens with one attached hydrogen (secondary N) is 1. The van der Waals surface area contributed by atoms with E-state index < -0.39 is 12.1 Å². The average molecular weight is 458 g/mol. The van der Waals surface area contributed by atoms with Gasteiger partial charge in [-0.3, -0.25) is 9.59 Å². The van der Waals surface area contributed by atoms with Crippen LogP contribution in [-0.4, -0.2) is 43.6 Å². The molecule has 2 atom stereocenters. The normalized spacial score (nSPS) is 20.6. The van der Waals surface area contributed by atoms with Crippen LogP contribution in [0.25, 0.3) is 5.69 Å². The number of carbonyl (C=O) groups is 2. The summed E-state index contributed by atoms with van der Waals surface area (Å²) in [5.41, 5.74) is 4.47. The predicted molar refractivity (Wildman–Crippen MR) is 129 cm³/mol. The number of hydrogen-bond acceptors (Lipinski definition) is 4. The highest BCUT2D eigenvalue weighted by Gasteiger charge is 2.46. The average Bonchev–Trinajstić information content (AvgIpc) is 3.54. The predicted octanol–water partition coefficient (Wildman–Crippen LogP) is 3.31. The van der Waals surface area contributed by atoms with Gasteiger partial charge in [0.15, 0.2) is 0 Å². The first-order valence-electron chi connectivity index (χ1n) is 12.2. The van der Waals surface area contributed by atoms with Crippen LogP contribution >= 0.6 is 0 Å². The summed E-state index contributed by atoms with van der Waals surface area (Å²) < 4.78 is 1.70. The van der Waals surface area contributed by atoms with Gasteiger partial charge in [0.25, 0.3) is 0 Å². The summed E-state index contributed by atoms with van der Waals surface area (Å²) in [7, 11) is 0. The zero-order chi connectivity index (χ0) is 23.7. The van der Waals surface area contributed by atoms with E-state index in [0.717, 1.165) is 36.9 Å². The molecule has 34 heavy (non-hydrogen) atoms. The molecule has 0 unspecified atom stereocenters. The van der Waals surface area contributed by atoms with Crippen molar-refractivity contribution >= 4 is 11.8 Å². The molecule has 2 amide bonds. The molecule has 1 aliphatic heterocycles. The minimum Gasteiger partial charge on any atom is -0.342 e. The van der Waals surface area contributed by atoms with Crippen molar-refractivity contribution in [1.82, 2.24) is 25.0 Å². The van der Waals surface area contributed by atoms with Gasteiger partial charge in [-0.2, -0.15) is 5.10 Å². The van der Waals surface area contributed by atoms with Crippen molar-refractivity contribution in [2.75, 3.05) is 0 Å². The second-order valence-electron chi connectivity index (χ2n) is 9.42. The molecule has 1 aliphatic carbocycles. The van der Waals surface area contributed by atoms with Crippen LogP contribution in [0.1, 0.15) is 43.4 Å². The van der Waals surface area contributed by atoms with E-state index in [1.165, 1.54) is 17.5 Å². The molecule has 2 heterocycles. The fourth-order valence-electron chi connectivity index (χ4n) is 5.58. The van der Waals surface area contributed by atoms with Gasteiger partial charge in [0, 0.05) is 6.54 Å². The van der Waals surface area contributed by atoms with Gasteiger partial charge < -0.3 is 10.2 Å². The molecule has 2 aliphatic rings. The van der Waals surface area contributed by atoms with Crippen LogP contribution in [0, 0.1) is 11.8 Å². The largest absolute Gasteiger partial charge is 0.342 e. The van der Waals surface area contributed by atoms with Crippen molar-refractivity contribution in [2.24, 2.45) is 11.8 Å². The van der Waals surface area contributed by atoms with Crippen molar-refractivity contribution in [3.05, 3.63) is 77.9 Å². The Morgan fingerprint density at radius 3 is 2.26 bits per heavy atom. The summed E-state index contributed by atoms with van der Waals surface area (Å²) in [5.74, 6) is 0.233. The molecule has 7 heteroatoms. The Kier molecular flexibility index (Phi) is 6.18. The maximum Gasteiger partial charge on any atom is 0.246 e. The number of nitrogens with zero attached hydrogens (tertiary/aromatic N) is 4. The van der Waals surface area contributed by atoms with Crippen molar-refractivity contribution in [1.29, 1.82) is 0 Å². The van der Waals surface area contributed by atoms with Gasteiger partial charge in [0.1, 0.15) is 24.7 Å². The number of amides is 2. The van der Waals surface area contributed by atoms with Crippen LogP contribution in [-0.2, 0) is 29.0 Å². The number of piperazine rings is 1. The fourth-order valence-corrected chi connectivity index (χ4v) is 5.58. The molecule has 0 bridgehead atoms. The first kappa shape index (κ1) is 22.3. The molecular weight excluding hydrogens is 426 g/mol. The lowest BCUT2D eigenvalue weighted by molar-refractivity contribution is -0.154. The monoisotopic (exact) mass is 457 g/mol. The van der Waals surface area contributed by atoms with Gasteiger partial charge in [-0.1, -0.05) is 63.1 Å². The van der Waals surface area contributed by atoms with Crippen LogP contribution in [0.2, 0.25) is 0 Å².